The number of ether oxygens (including phenoxy) is 2. The average molecular weight is 380 g/mol. The van der Waals surface area contributed by atoms with Gasteiger partial charge in [-0.05, 0) is 30.3 Å². The number of hydrogen-bond donors (Lipinski definition) is 1. The van der Waals surface area contributed by atoms with Gasteiger partial charge in [-0.1, -0.05) is 13.8 Å². The molecule has 0 saturated heterocycles. The number of aliphatic hydroxyl groups excluding tert-OH is 1. The van der Waals surface area contributed by atoms with Crippen LogP contribution in [0.3, 0.4) is 0 Å². The van der Waals surface area contributed by atoms with Gasteiger partial charge in [0.25, 0.3) is 5.56 Å². The molecule has 5 rings (SSSR count). The number of carbonyl (C=O) groups excluding carboxylic acids is 1. The monoisotopic (exact) mass is 380 g/mol. The van der Waals surface area contributed by atoms with Gasteiger partial charge < -0.3 is 19.1 Å². The van der Waals surface area contributed by atoms with E-state index in [0.717, 1.165) is 22.2 Å². The second-order valence-corrected chi connectivity index (χ2v) is 6.42. The zero-order chi connectivity index (χ0) is 20.0. The van der Waals surface area contributed by atoms with E-state index in [2.05, 4.69) is 0 Å². The van der Waals surface area contributed by atoms with Gasteiger partial charge in [0.05, 0.1) is 36.1 Å². The number of aliphatic hydroxyl groups is 1. The molecule has 7 nitrogen and oxygen atoms in total. The summed E-state index contributed by atoms with van der Waals surface area (Å²) in [6, 6.07) is 9.26. The standard InChI is InChI=1S/C19H14N2O5.C2H6/c1-25-11-2-3-14-9(5-11)4-10-7-21-15(16(10)20-14)6-12-13(18(21)23)8-26-19(24)17(12)22;1-2/h2-6,17,22H,7-8H2,1H3;1-2H3. The van der Waals surface area contributed by atoms with Crippen molar-refractivity contribution >= 4 is 16.9 Å². The molecule has 2 aliphatic heterocycles. The van der Waals surface area contributed by atoms with Crippen LogP contribution in [0.4, 0.5) is 0 Å². The minimum atomic E-state index is -1.44. The van der Waals surface area contributed by atoms with E-state index in [1.807, 2.05) is 38.1 Å². The summed E-state index contributed by atoms with van der Waals surface area (Å²) in [5.41, 5.74) is 3.35. The van der Waals surface area contributed by atoms with Gasteiger partial charge in [-0.25, -0.2) is 9.78 Å². The Morgan fingerprint density at radius 2 is 2.00 bits per heavy atom. The van der Waals surface area contributed by atoms with Crippen molar-refractivity contribution in [3.05, 3.63) is 57.4 Å². The van der Waals surface area contributed by atoms with Gasteiger partial charge in [0.1, 0.15) is 12.4 Å². The summed E-state index contributed by atoms with van der Waals surface area (Å²) < 4.78 is 11.8. The Balaban J connectivity index is 0.000000932. The Hall–Kier alpha value is -3.19. The number of fused-ring (bicyclic) bond motifs is 5. The third-order valence-corrected chi connectivity index (χ3v) is 4.98. The van der Waals surface area contributed by atoms with Gasteiger partial charge in [-0.15, -0.1) is 0 Å². The van der Waals surface area contributed by atoms with Gasteiger partial charge >= 0.3 is 5.97 Å². The number of aromatic nitrogens is 2. The van der Waals surface area contributed by atoms with Crippen LogP contribution in [0.1, 0.15) is 36.6 Å². The van der Waals surface area contributed by atoms with Crippen LogP contribution in [0.25, 0.3) is 22.3 Å². The second kappa shape index (κ2) is 6.76. The van der Waals surface area contributed by atoms with Crippen molar-refractivity contribution < 1.29 is 19.4 Å². The number of pyridine rings is 2. The van der Waals surface area contributed by atoms with Crippen LogP contribution in [0.15, 0.2) is 35.1 Å². The lowest BCUT2D eigenvalue weighted by Gasteiger charge is -2.21. The van der Waals surface area contributed by atoms with Crippen molar-refractivity contribution in [2.75, 3.05) is 7.11 Å². The molecule has 1 atom stereocenters. The number of carbonyl (C=O) groups is 1. The third kappa shape index (κ3) is 2.58. The van der Waals surface area contributed by atoms with Gasteiger partial charge in [0.15, 0.2) is 6.10 Å². The van der Waals surface area contributed by atoms with Crippen LogP contribution in [0, 0.1) is 0 Å². The van der Waals surface area contributed by atoms with E-state index in [1.165, 1.54) is 0 Å². The molecular weight excluding hydrogens is 360 g/mol. The maximum atomic E-state index is 12.8. The van der Waals surface area contributed by atoms with E-state index in [4.69, 9.17) is 14.5 Å². The van der Waals surface area contributed by atoms with Gasteiger partial charge in [0.2, 0.25) is 0 Å². The number of benzene rings is 1. The van der Waals surface area contributed by atoms with Gasteiger partial charge in [-0.3, -0.25) is 4.79 Å². The lowest BCUT2D eigenvalue weighted by molar-refractivity contribution is -0.157. The number of rotatable bonds is 1. The molecule has 0 amide bonds. The fraction of sp³-hybridized carbons (Fsp3) is 0.286. The fourth-order valence-electron chi connectivity index (χ4n) is 3.64. The molecule has 0 saturated carbocycles. The van der Waals surface area contributed by atoms with E-state index in [0.29, 0.717) is 29.1 Å². The minimum Gasteiger partial charge on any atom is -0.497 e. The SMILES string of the molecule is CC.COc1ccc2nc3c(cc2c1)Cn1c-3cc2c(c1=O)COC(=O)C2O. The predicted octanol–water partition coefficient (Wildman–Crippen LogP) is 2.55. The first-order valence-electron chi connectivity index (χ1n) is 9.16. The van der Waals surface area contributed by atoms with Crippen LogP contribution in [0.2, 0.25) is 0 Å². The third-order valence-electron chi connectivity index (χ3n) is 4.98. The highest BCUT2D eigenvalue weighted by Crippen LogP contribution is 2.35. The number of esters is 1. The molecule has 0 aliphatic carbocycles. The van der Waals surface area contributed by atoms with Crippen LogP contribution in [0.5, 0.6) is 5.75 Å². The number of cyclic esters (lactones) is 1. The maximum absolute atomic E-state index is 12.8. The zero-order valence-corrected chi connectivity index (χ0v) is 15.9. The van der Waals surface area contributed by atoms with Crippen LogP contribution in [-0.2, 0) is 22.7 Å². The van der Waals surface area contributed by atoms with E-state index < -0.39 is 12.1 Å². The lowest BCUT2D eigenvalue weighted by Crippen LogP contribution is -2.32. The van der Waals surface area contributed by atoms with Crippen molar-refractivity contribution in [1.82, 2.24) is 9.55 Å². The Morgan fingerprint density at radius 1 is 1.21 bits per heavy atom. The molecule has 7 heteroatoms. The zero-order valence-electron chi connectivity index (χ0n) is 15.9. The van der Waals surface area contributed by atoms with Crippen LogP contribution in [-0.4, -0.2) is 27.7 Å². The minimum absolute atomic E-state index is 0.118. The van der Waals surface area contributed by atoms with Crippen LogP contribution < -0.4 is 10.3 Å². The Bertz CT molecular complexity index is 1170. The summed E-state index contributed by atoms with van der Waals surface area (Å²) in [4.78, 5) is 29.2. The summed E-state index contributed by atoms with van der Waals surface area (Å²) in [7, 11) is 1.61. The van der Waals surface area contributed by atoms with Crippen molar-refractivity contribution in [3.8, 4) is 17.1 Å². The lowest BCUT2D eigenvalue weighted by atomic mass is 10.0. The van der Waals surface area contributed by atoms with E-state index in [9.17, 15) is 14.7 Å². The molecule has 3 aromatic rings. The average Bonchev–Trinajstić information content (AvgIpc) is 3.08. The molecule has 4 heterocycles. The predicted molar refractivity (Wildman–Crippen MR) is 103 cm³/mol. The molecule has 144 valence electrons. The normalized spacial score (nSPS) is 16.4. The Kier molecular flexibility index (Phi) is 4.39. The van der Waals surface area contributed by atoms with E-state index in [1.54, 1.807) is 17.7 Å². The molecule has 1 unspecified atom stereocenters. The second-order valence-electron chi connectivity index (χ2n) is 6.42. The topological polar surface area (TPSA) is 90.7 Å². The smallest absolute Gasteiger partial charge is 0.340 e. The van der Waals surface area contributed by atoms with Crippen molar-refractivity contribution in [3.63, 3.8) is 0 Å². The Labute approximate surface area is 161 Å². The molecular formula is C21H20N2O5. The van der Waals surface area contributed by atoms with Gasteiger partial charge in [-0.2, -0.15) is 0 Å². The number of nitrogens with zero attached hydrogens (tertiary/aromatic N) is 2. The molecule has 0 fully saturated rings. The molecule has 0 radical (unpaired) electrons. The summed E-state index contributed by atoms with van der Waals surface area (Å²) in [5, 5.41) is 11.0. The molecule has 2 aliphatic rings. The summed E-state index contributed by atoms with van der Waals surface area (Å²) in [6.07, 6.45) is -1.44. The number of hydrogen-bond acceptors (Lipinski definition) is 6. The highest BCUT2D eigenvalue weighted by Gasteiger charge is 2.33. The van der Waals surface area contributed by atoms with E-state index in [-0.39, 0.29) is 12.2 Å². The van der Waals surface area contributed by atoms with Crippen LogP contribution >= 0.6 is 0 Å². The molecule has 1 aromatic carbocycles. The van der Waals surface area contributed by atoms with Gasteiger partial charge in [0, 0.05) is 16.5 Å². The first-order valence-corrected chi connectivity index (χ1v) is 9.16. The quantitative estimate of drug-likeness (QED) is 0.511. The molecule has 0 spiro atoms. The maximum Gasteiger partial charge on any atom is 0.340 e. The Morgan fingerprint density at radius 3 is 2.75 bits per heavy atom. The van der Waals surface area contributed by atoms with Crippen molar-refractivity contribution in [1.29, 1.82) is 0 Å². The van der Waals surface area contributed by atoms with Crippen molar-refractivity contribution in [2.45, 2.75) is 33.1 Å². The highest BCUT2D eigenvalue weighted by atomic mass is 16.5. The molecule has 28 heavy (non-hydrogen) atoms. The first-order chi connectivity index (χ1) is 13.6. The number of methoxy groups -OCH3 is 1. The molecule has 0 bridgehead atoms. The van der Waals surface area contributed by atoms with E-state index >= 15 is 0 Å². The largest absolute Gasteiger partial charge is 0.497 e. The van der Waals surface area contributed by atoms with Crippen molar-refractivity contribution in [2.24, 2.45) is 0 Å². The molecule has 2 aromatic heterocycles. The summed E-state index contributed by atoms with van der Waals surface area (Å²) in [5.74, 6) is -0.000174. The first kappa shape index (κ1) is 18.2. The summed E-state index contributed by atoms with van der Waals surface area (Å²) in [6.45, 7) is 4.27. The molecule has 1 N–H and O–H groups in total. The highest BCUT2D eigenvalue weighted by molar-refractivity contribution is 5.85. The summed E-state index contributed by atoms with van der Waals surface area (Å²) >= 11 is 0. The fourth-order valence-corrected chi connectivity index (χ4v) is 3.64.